The van der Waals surface area contributed by atoms with E-state index in [0.29, 0.717) is 0 Å². The monoisotopic (exact) mass is 544 g/mol. The number of hydrogen-bond acceptors (Lipinski definition) is 5. The molecule has 2 rings (SSSR count). The number of likely N-dealkylation sites (N-methyl/N-ethyl adjacent to an activating group) is 2. The average molecular weight is 544 g/mol. The molecule has 0 bridgehead atoms. The van der Waals surface area contributed by atoms with Crippen LogP contribution in [-0.2, 0) is 6.42 Å². The Morgan fingerprint density at radius 2 is 1.84 bits per heavy atom. The molecule has 7 nitrogen and oxygen atoms in total. The van der Waals surface area contributed by atoms with Crippen LogP contribution in [0, 0.1) is 0 Å². The molecule has 0 fully saturated rings. The molecule has 0 aliphatic rings. The van der Waals surface area contributed by atoms with Gasteiger partial charge < -0.3 is 24.1 Å². The number of furan rings is 1. The number of nitrogens with one attached hydrogen (secondary N) is 1. The van der Waals surface area contributed by atoms with Gasteiger partial charge >= 0.3 is 0 Å². The van der Waals surface area contributed by atoms with Gasteiger partial charge in [0.05, 0.1) is 26.5 Å². The first-order chi connectivity index (χ1) is 14.6. The van der Waals surface area contributed by atoms with Gasteiger partial charge in [-0.05, 0) is 49.3 Å². The van der Waals surface area contributed by atoms with E-state index in [-0.39, 0.29) is 30.0 Å². The van der Waals surface area contributed by atoms with Crippen LogP contribution in [0.3, 0.4) is 0 Å². The lowest BCUT2D eigenvalue weighted by Crippen LogP contribution is -2.44. The van der Waals surface area contributed by atoms with Gasteiger partial charge in [0.2, 0.25) is 0 Å². The number of rotatable bonds is 11. The van der Waals surface area contributed by atoms with Gasteiger partial charge in [-0.15, -0.1) is 24.0 Å². The van der Waals surface area contributed by atoms with Crippen molar-refractivity contribution in [3.8, 4) is 11.5 Å². The second-order valence-corrected chi connectivity index (χ2v) is 7.04. The van der Waals surface area contributed by atoms with E-state index in [0.717, 1.165) is 55.8 Å². The number of halogens is 1. The predicted molar refractivity (Wildman–Crippen MR) is 137 cm³/mol. The largest absolute Gasteiger partial charge is 0.493 e. The minimum atomic E-state index is 0. The van der Waals surface area contributed by atoms with E-state index in [1.165, 1.54) is 5.56 Å². The quantitative estimate of drug-likeness (QED) is 0.262. The molecule has 31 heavy (non-hydrogen) atoms. The summed E-state index contributed by atoms with van der Waals surface area (Å²) in [6, 6.07) is 10.2. The zero-order valence-electron chi connectivity index (χ0n) is 19.6. The van der Waals surface area contributed by atoms with Gasteiger partial charge in [-0.25, -0.2) is 0 Å². The summed E-state index contributed by atoms with van der Waals surface area (Å²) in [4.78, 5) is 8.98. The van der Waals surface area contributed by atoms with Gasteiger partial charge in [0, 0.05) is 27.2 Å². The highest BCUT2D eigenvalue weighted by molar-refractivity contribution is 14.0. The van der Waals surface area contributed by atoms with Gasteiger partial charge in [-0.2, -0.15) is 0 Å². The molecule has 0 aliphatic carbocycles. The second kappa shape index (κ2) is 14.2. The molecule has 0 amide bonds. The summed E-state index contributed by atoms with van der Waals surface area (Å²) in [5.74, 6) is 3.32. The molecule has 8 heteroatoms. The summed E-state index contributed by atoms with van der Waals surface area (Å²) in [5, 5.41) is 3.51. The predicted octanol–water partition coefficient (Wildman–Crippen LogP) is 4.05. The number of hydrogen-bond donors (Lipinski definition) is 1. The lowest BCUT2D eigenvalue weighted by Gasteiger charge is -2.30. The molecule has 2 aromatic rings. The van der Waals surface area contributed by atoms with Crippen LogP contribution in [0.15, 0.2) is 46.0 Å². The molecular formula is C23H37IN4O3. The van der Waals surface area contributed by atoms with Gasteiger partial charge in [0.15, 0.2) is 17.5 Å². The SMILES string of the molecule is CCN(CC)C(CNC(=NC)N(C)CCc1ccc(OC)c(OC)c1)c1ccco1.I. The number of ether oxygens (including phenoxy) is 2. The third-order valence-electron chi connectivity index (χ3n) is 5.34. The number of aliphatic imine (C=N–C) groups is 1. The summed E-state index contributed by atoms with van der Waals surface area (Å²) in [5.41, 5.74) is 1.19. The summed E-state index contributed by atoms with van der Waals surface area (Å²) in [7, 11) is 7.17. The molecule has 1 aromatic heterocycles. The van der Waals surface area contributed by atoms with E-state index < -0.39 is 0 Å². The van der Waals surface area contributed by atoms with Crippen LogP contribution in [-0.4, -0.2) is 70.3 Å². The van der Waals surface area contributed by atoms with Crippen LogP contribution in [0.2, 0.25) is 0 Å². The summed E-state index contributed by atoms with van der Waals surface area (Å²) >= 11 is 0. The first-order valence-electron chi connectivity index (χ1n) is 10.5. The van der Waals surface area contributed by atoms with Crippen molar-refractivity contribution in [2.24, 2.45) is 4.99 Å². The molecule has 1 unspecified atom stereocenters. The molecule has 1 heterocycles. The fourth-order valence-electron chi connectivity index (χ4n) is 3.57. The lowest BCUT2D eigenvalue weighted by atomic mass is 10.1. The normalized spacial score (nSPS) is 12.3. The molecule has 1 N–H and O–H groups in total. The van der Waals surface area contributed by atoms with Gasteiger partial charge in [0.25, 0.3) is 0 Å². The fraction of sp³-hybridized carbons (Fsp3) is 0.522. The van der Waals surface area contributed by atoms with E-state index in [1.807, 2.05) is 31.3 Å². The second-order valence-electron chi connectivity index (χ2n) is 7.04. The van der Waals surface area contributed by atoms with Crippen LogP contribution >= 0.6 is 24.0 Å². The molecule has 174 valence electrons. The van der Waals surface area contributed by atoms with Gasteiger partial charge in [-0.1, -0.05) is 19.9 Å². The molecule has 0 spiro atoms. The Labute approximate surface area is 203 Å². The van der Waals surface area contributed by atoms with Crippen LogP contribution in [0.25, 0.3) is 0 Å². The van der Waals surface area contributed by atoms with Crippen molar-refractivity contribution in [3.63, 3.8) is 0 Å². The number of methoxy groups -OCH3 is 2. The Morgan fingerprint density at radius 3 is 2.39 bits per heavy atom. The van der Waals surface area contributed by atoms with E-state index >= 15 is 0 Å². The van der Waals surface area contributed by atoms with E-state index in [1.54, 1.807) is 20.5 Å². The van der Waals surface area contributed by atoms with Crippen molar-refractivity contribution >= 4 is 29.9 Å². The maximum atomic E-state index is 5.70. The molecule has 0 saturated heterocycles. The summed E-state index contributed by atoms with van der Waals surface area (Å²) < 4.78 is 16.4. The zero-order valence-corrected chi connectivity index (χ0v) is 21.9. The smallest absolute Gasteiger partial charge is 0.193 e. The van der Waals surface area contributed by atoms with Crippen molar-refractivity contribution in [3.05, 3.63) is 47.9 Å². The van der Waals surface area contributed by atoms with Crippen LogP contribution in [0.4, 0.5) is 0 Å². The number of benzene rings is 1. The standard InChI is InChI=1S/C23H36N4O3.HI/c1-7-27(8-2)19(20-10-9-15-30-20)17-25-23(24-3)26(4)14-13-18-11-12-21(28-5)22(16-18)29-6;/h9-12,15-16,19H,7-8,13-14,17H2,1-6H3,(H,24,25);1H. The maximum Gasteiger partial charge on any atom is 0.193 e. The Kier molecular flexibility index (Phi) is 12.4. The van der Waals surface area contributed by atoms with Crippen LogP contribution < -0.4 is 14.8 Å². The zero-order chi connectivity index (χ0) is 21.9. The first kappa shape index (κ1) is 27.1. The van der Waals surface area contributed by atoms with Crippen molar-refractivity contribution in [2.75, 3.05) is 54.5 Å². The van der Waals surface area contributed by atoms with Crippen molar-refractivity contribution in [2.45, 2.75) is 26.3 Å². The Bertz CT molecular complexity index is 779. The highest BCUT2D eigenvalue weighted by Gasteiger charge is 2.21. The van der Waals surface area contributed by atoms with Gasteiger partial charge in [-0.3, -0.25) is 9.89 Å². The molecule has 0 saturated carbocycles. The lowest BCUT2D eigenvalue weighted by molar-refractivity contribution is 0.192. The van der Waals surface area contributed by atoms with E-state index in [2.05, 4.69) is 47.1 Å². The van der Waals surface area contributed by atoms with Crippen molar-refractivity contribution in [1.29, 1.82) is 0 Å². The minimum absolute atomic E-state index is 0. The van der Waals surface area contributed by atoms with E-state index in [4.69, 9.17) is 13.9 Å². The first-order valence-corrected chi connectivity index (χ1v) is 10.5. The third kappa shape index (κ3) is 7.60. The van der Waals surface area contributed by atoms with Crippen molar-refractivity contribution in [1.82, 2.24) is 15.1 Å². The third-order valence-corrected chi connectivity index (χ3v) is 5.34. The number of nitrogens with zero attached hydrogens (tertiary/aromatic N) is 3. The molecule has 0 radical (unpaired) electrons. The number of guanidine groups is 1. The van der Waals surface area contributed by atoms with Crippen LogP contribution in [0.1, 0.15) is 31.2 Å². The molecular weight excluding hydrogens is 507 g/mol. The molecule has 1 aromatic carbocycles. The fourth-order valence-corrected chi connectivity index (χ4v) is 3.57. The molecule has 1 atom stereocenters. The molecule has 0 aliphatic heterocycles. The summed E-state index contributed by atoms with van der Waals surface area (Å²) in [6.07, 6.45) is 2.60. The Morgan fingerprint density at radius 1 is 1.13 bits per heavy atom. The van der Waals surface area contributed by atoms with Gasteiger partial charge in [0.1, 0.15) is 5.76 Å². The minimum Gasteiger partial charge on any atom is -0.493 e. The highest BCUT2D eigenvalue weighted by Crippen LogP contribution is 2.27. The maximum absolute atomic E-state index is 5.70. The topological polar surface area (TPSA) is 62.5 Å². The van der Waals surface area contributed by atoms with Crippen LogP contribution in [0.5, 0.6) is 11.5 Å². The average Bonchev–Trinajstić information content (AvgIpc) is 3.31. The van der Waals surface area contributed by atoms with E-state index in [9.17, 15) is 0 Å². The van der Waals surface area contributed by atoms with Crippen molar-refractivity contribution < 1.29 is 13.9 Å². The highest BCUT2D eigenvalue weighted by atomic mass is 127. The Balaban J connectivity index is 0.00000480. The summed E-state index contributed by atoms with van der Waals surface area (Å²) in [6.45, 7) is 7.80. The Hall–Kier alpha value is -1.94.